The Kier molecular flexibility index (Phi) is 5.25. The minimum atomic E-state index is 0.654. The van der Waals surface area contributed by atoms with Crippen LogP contribution in [0.5, 0.6) is 0 Å². The minimum Gasteiger partial charge on any atom is -0.368 e. The third-order valence-electron chi connectivity index (χ3n) is 6.08. The number of benzene rings is 2. The molecule has 32 heavy (non-hydrogen) atoms. The summed E-state index contributed by atoms with van der Waals surface area (Å²) in [5, 5.41) is 5.35. The standard InChI is InChI=1S/C25H27ClN6/c1-16-5-6-17(2)23(13-16)30-9-11-31(12-10-30)24-25(32-19(4)14-18(3)29-32)28-22-15-20(26)7-8-21(22)27-24/h5-8,13-15H,9-12H2,1-4H3. The van der Waals surface area contributed by atoms with E-state index in [0.29, 0.717) is 5.02 Å². The summed E-state index contributed by atoms with van der Waals surface area (Å²) < 4.78 is 1.90. The average Bonchev–Trinajstić information content (AvgIpc) is 3.12. The Morgan fingerprint density at radius 2 is 1.47 bits per heavy atom. The van der Waals surface area contributed by atoms with Crippen LogP contribution in [0.4, 0.5) is 11.5 Å². The van der Waals surface area contributed by atoms with Gasteiger partial charge in [0.25, 0.3) is 0 Å². The van der Waals surface area contributed by atoms with Gasteiger partial charge < -0.3 is 9.80 Å². The number of aryl methyl sites for hydroxylation is 4. The van der Waals surface area contributed by atoms with Gasteiger partial charge in [-0.15, -0.1) is 0 Å². The van der Waals surface area contributed by atoms with Gasteiger partial charge in [-0.05, 0) is 69.2 Å². The van der Waals surface area contributed by atoms with E-state index in [0.717, 1.165) is 60.2 Å². The third-order valence-corrected chi connectivity index (χ3v) is 6.32. The molecule has 1 fully saturated rings. The van der Waals surface area contributed by atoms with Crippen molar-refractivity contribution in [2.24, 2.45) is 0 Å². The van der Waals surface area contributed by atoms with Crippen LogP contribution in [-0.2, 0) is 0 Å². The van der Waals surface area contributed by atoms with Crippen LogP contribution in [0.2, 0.25) is 5.02 Å². The summed E-state index contributed by atoms with van der Waals surface area (Å²) >= 11 is 6.23. The molecule has 2 aromatic carbocycles. The summed E-state index contributed by atoms with van der Waals surface area (Å²) in [6, 6.07) is 14.4. The molecule has 7 heteroatoms. The van der Waals surface area contributed by atoms with Gasteiger partial charge in [0.2, 0.25) is 0 Å². The Morgan fingerprint density at radius 3 is 2.19 bits per heavy atom. The highest BCUT2D eigenvalue weighted by molar-refractivity contribution is 6.31. The van der Waals surface area contributed by atoms with E-state index in [9.17, 15) is 0 Å². The zero-order chi connectivity index (χ0) is 22.4. The molecule has 4 aromatic rings. The average molecular weight is 447 g/mol. The molecule has 0 radical (unpaired) electrons. The first-order valence-electron chi connectivity index (χ1n) is 11.0. The van der Waals surface area contributed by atoms with Crippen LogP contribution >= 0.6 is 11.6 Å². The number of halogens is 1. The first-order valence-corrected chi connectivity index (χ1v) is 11.3. The van der Waals surface area contributed by atoms with Crippen molar-refractivity contribution in [1.82, 2.24) is 19.7 Å². The number of nitrogens with zero attached hydrogens (tertiary/aromatic N) is 6. The topological polar surface area (TPSA) is 50.1 Å². The van der Waals surface area contributed by atoms with Crippen molar-refractivity contribution in [3.05, 3.63) is 70.0 Å². The van der Waals surface area contributed by atoms with Crippen LogP contribution < -0.4 is 9.80 Å². The number of rotatable bonds is 3. The molecular formula is C25H27ClN6. The van der Waals surface area contributed by atoms with Crippen molar-refractivity contribution in [2.75, 3.05) is 36.0 Å². The van der Waals surface area contributed by atoms with E-state index in [2.05, 4.69) is 47.9 Å². The molecule has 1 saturated heterocycles. The summed E-state index contributed by atoms with van der Waals surface area (Å²) in [4.78, 5) is 14.8. The van der Waals surface area contributed by atoms with Gasteiger partial charge in [0.05, 0.1) is 16.7 Å². The lowest BCUT2D eigenvalue weighted by Crippen LogP contribution is -2.47. The second-order valence-electron chi connectivity index (χ2n) is 8.61. The van der Waals surface area contributed by atoms with E-state index in [4.69, 9.17) is 26.7 Å². The number of hydrogen-bond donors (Lipinski definition) is 0. The van der Waals surface area contributed by atoms with Crippen LogP contribution in [0, 0.1) is 27.7 Å². The van der Waals surface area contributed by atoms with Gasteiger partial charge in [0, 0.05) is 42.6 Å². The fourth-order valence-electron chi connectivity index (χ4n) is 4.43. The van der Waals surface area contributed by atoms with E-state index < -0.39 is 0 Å². The van der Waals surface area contributed by atoms with Crippen LogP contribution in [0.15, 0.2) is 42.5 Å². The number of piperazine rings is 1. The van der Waals surface area contributed by atoms with Crippen molar-refractivity contribution >= 4 is 34.1 Å². The SMILES string of the molecule is Cc1ccc(C)c(N2CCN(c3nc4ccc(Cl)cc4nc3-n3nc(C)cc3C)CC2)c1. The van der Waals surface area contributed by atoms with Gasteiger partial charge in [-0.3, -0.25) is 0 Å². The molecule has 0 atom stereocenters. The van der Waals surface area contributed by atoms with Crippen LogP contribution in [0.25, 0.3) is 16.9 Å². The lowest BCUT2D eigenvalue weighted by molar-refractivity contribution is 0.641. The van der Waals surface area contributed by atoms with Crippen molar-refractivity contribution in [3.8, 4) is 5.82 Å². The first-order chi connectivity index (χ1) is 15.4. The number of fused-ring (bicyclic) bond motifs is 1. The number of hydrogen-bond acceptors (Lipinski definition) is 5. The second kappa shape index (κ2) is 8.10. The quantitative estimate of drug-likeness (QED) is 0.441. The number of anilines is 2. The highest BCUT2D eigenvalue weighted by atomic mass is 35.5. The molecule has 5 rings (SSSR count). The number of aromatic nitrogens is 4. The monoisotopic (exact) mass is 446 g/mol. The summed E-state index contributed by atoms with van der Waals surface area (Å²) in [5.41, 5.74) is 7.54. The van der Waals surface area contributed by atoms with Crippen LogP contribution in [-0.4, -0.2) is 45.9 Å². The smallest absolute Gasteiger partial charge is 0.197 e. The van der Waals surface area contributed by atoms with E-state index >= 15 is 0 Å². The Hall–Kier alpha value is -3.12. The van der Waals surface area contributed by atoms with Gasteiger partial charge in [-0.1, -0.05) is 23.7 Å². The molecule has 1 aliphatic heterocycles. The van der Waals surface area contributed by atoms with Gasteiger partial charge in [-0.2, -0.15) is 5.10 Å². The molecule has 0 aliphatic carbocycles. The van der Waals surface area contributed by atoms with Crippen LogP contribution in [0.1, 0.15) is 22.5 Å². The van der Waals surface area contributed by atoms with Crippen molar-refractivity contribution in [3.63, 3.8) is 0 Å². The molecule has 0 bridgehead atoms. The van der Waals surface area contributed by atoms with E-state index in [-0.39, 0.29) is 0 Å². The Morgan fingerprint density at radius 1 is 0.750 bits per heavy atom. The lowest BCUT2D eigenvalue weighted by Gasteiger charge is -2.38. The molecule has 1 aliphatic rings. The Labute approximate surface area is 193 Å². The van der Waals surface area contributed by atoms with E-state index in [1.807, 2.05) is 36.7 Å². The molecule has 0 amide bonds. The zero-order valence-corrected chi connectivity index (χ0v) is 19.7. The highest BCUT2D eigenvalue weighted by Gasteiger charge is 2.24. The van der Waals surface area contributed by atoms with Gasteiger partial charge >= 0.3 is 0 Å². The summed E-state index contributed by atoms with van der Waals surface area (Å²) in [5.74, 6) is 1.62. The molecule has 6 nitrogen and oxygen atoms in total. The fraction of sp³-hybridized carbons (Fsp3) is 0.320. The van der Waals surface area contributed by atoms with Crippen molar-refractivity contribution < 1.29 is 0 Å². The Bertz CT molecular complexity index is 1300. The zero-order valence-electron chi connectivity index (χ0n) is 18.9. The van der Waals surface area contributed by atoms with Gasteiger partial charge in [0.1, 0.15) is 0 Å². The van der Waals surface area contributed by atoms with Crippen molar-refractivity contribution in [2.45, 2.75) is 27.7 Å². The van der Waals surface area contributed by atoms with Gasteiger partial charge in [-0.25, -0.2) is 14.6 Å². The van der Waals surface area contributed by atoms with Crippen LogP contribution in [0.3, 0.4) is 0 Å². The maximum atomic E-state index is 6.23. The molecule has 0 saturated carbocycles. The predicted molar refractivity (Wildman–Crippen MR) is 131 cm³/mol. The minimum absolute atomic E-state index is 0.654. The molecule has 0 N–H and O–H groups in total. The molecular weight excluding hydrogens is 420 g/mol. The summed E-state index contributed by atoms with van der Waals surface area (Å²) in [7, 11) is 0. The highest BCUT2D eigenvalue weighted by Crippen LogP contribution is 2.29. The predicted octanol–water partition coefficient (Wildman–Crippen LogP) is 5.03. The first kappa shape index (κ1) is 20.8. The molecule has 0 unspecified atom stereocenters. The lowest BCUT2D eigenvalue weighted by atomic mass is 10.1. The molecule has 164 valence electrons. The van der Waals surface area contributed by atoms with E-state index in [1.54, 1.807) is 0 Å². The Balaban J connectivity index is 1.52. The molecule has 0 spiro atoms. The molecule has 3 heterocycles. The largest absolute Gasteiger partial charge is 0.368 e. The fourth-order valence-corrected chi connectivity index (χ4v) is 4.59. The third kappa shape index (κ3) is 3.79. The van der Waals surface area contributed by atoms with Crippen molar-refractivity contribution in [1.29, 1.82) is 0 Å². The maximum absolute atomic E-state index is 6.23. The molecule has 2 aromatic heterocycles. The summed E-state index contributed by atoms with van der Waals surface area (Å²) in [6.45, 7) is 12.0. The maximum Gasteiger partial charge on any atom is 0.197 e. The van der Waals surface area contributed by atoms with E-state index in [1.165, 1.54) is 16.8 Å². The van der Waals surface area contributed by atoms with Gasteiger partial charge in [0.15, 0.2) is 11.6 Å². The second-order valence-corrected chi connectivity index (χ2v) is 9.04. The normalized spacial score (nSPS) is 14.4. The summed E-state index contributed by atoms with van der Waals surface area (Å²) in [6.07, 6.45) is 0.